The number of rotatable bonds is 15. The molecule has 0 bridgehead atoms. The van der Waals surface area contributed by atoms with Crippen LogP contribution >= 0.6 is 11.3 Å². The van der Waals surface area contributed by atoms with E-state index >= 15 is 0 Å². The number of esters is 1. The van der Waals surface area contributed by atoms with E-state index in [1.54, 1.807) is 55.5 Å². The molecule has 278 valence electrons. The summed E-state index contributed by atoms with van der Waals surface area (Å²) in [5.74, 6) is 0.784. The molecule has 1 amide bonds. The molecule has 0 atom stereocenters. The molecule has 0 saturated carbocycles. The highest BCUT2D eigenvalue weighted by Crippen LogP contribution is 2.33. The Hall–Kier alpha value is -5.19. The van der Waals surface area contributed by atoms with Gasteiger partial charge >= 0.3 is 5.97 Å². The average molecular weight is 728 g/mol. The Morgan fingerprint density at radius 2 is 1.76 bits per heavy atom. The van der Waals surface area contributed by atoms with E-state index in [0.29, 0.717) is 54.5 Å². The summed E-state index contributed by atoms with van der Waals surface area (Å²) < 4.78 is 31.8. The first-order valence-corrected chi connectivity index (χ1v) is 16.7. The molecular formula is C35H49N7O8S. The number of aryl methyl sites for hydroxylation is 3. The molecule has 2 aromatic heterocycles. The second-order valence-electron chi connectivity index (χ2n) is 10.6. The number of nitrogens with two attached hydrogens (primary N) is 2. The molecule has 4 aromatic rings. The number of aldehydes is 1. The molecule has 0 spiro atoms. The smallest absolute Gasteiger partial charge is 0.338 e. The van der Waals surface area contributed by atoms with E-state index < -0.39 is 5.97 Å². The summed E-state index contributed by atoms with van der Waals surface area (Å²) in [4.78, 5) is 36.2. The predicted octanol–water partition coefficient (Wildman–Crippen LogP) is 4.10. The van der Waals surface area contributed by atoms with Gasteiger partial charge in [-0.25, -0.2) is 4.79 Å². The minimum Gasteiger partial charge on any atom is -0.494 e. The van der Waals surface area contributed by atoms with Gasteiger partial charge in [-0.3, -0.25) is 19.3 Å². The fourth-order valence-corrected chi connectivity index (χ4v) is 6.03. The number of nitrogen functional groups attached to an aromatic ring is 1. The fraction of sp³-hybridized carbons (Fsp3) is 0.400. The normalized spacial score (nSPS) is 11.1. The molecule has 0 saturated heterocycles. The predicted molar refractivity (Wildman–Crippen MR) is 199 cm³/mol. The number of amides is 1. The molecule has 0 radical (unpaired) electrons. The van der Waals surface area contributed by atoms with Crippen molar-refractivity contribution >= 4 is 51.6 Å². The van der Waals surface area contributed by atoms with Gasteiger partial charge < -0.3 is 45.0 Å². The zero-order valence-corrected chi connectivity index (χ0v) is 31.2. The van der Waals surface area contributed by atoms with Crippen LogP contribution in [-0.4, -0.2) is 87.9 Å². The summed E-state index contributed by atoms with van der Waals surface area (Å²) in [6, 6.07) is 9.12. The summed E-state index contributed by atoms with van der Waals surface area (Å²) in [6.07, 6.45) is 5.42. The van der Waals surface area contributed by atoms with Crippen LogP contribution in [0, 0.1) is 13.8 Å². The number of carbonyl (C=O) groups is 3. The number of nitrogens with zero attached hydrogens (tertiary/aromatic N) is 4. The highest BCUT2D eigenvalue weighted by Gasteiger charge is 2.15. The zero-order chi connectivity index (χ0) is 37.9. The highest BCUT2D eigenvalue weighted by atomic mass is 32.1. The lowest BCUT2D eigenvalue weighted by atomic mass is 10.1. The third kappa shape index (κ3) is 12.0. The number of benzene rings is 2. The van der Waals surface area contributed by atoms with Crippen LogP contribution in [0.25, 0.3) is 10.2 Å². The van der Waals surface area contributed by atoms with E-state index in [4.69, 9.17) is 34.2 Å². The first kappa shape index (κ1) is 42.0. The van der Waals surface area contributed by atoms with Crippen molar-refractivity contribution in [3.8, 4) is 11.5 Å². The molecule has 2 aromatic carbocycles. The maximum atomic E-state index is 11.9. The molecule has 0 unspecified atom stereocenters. The number of carbonyl (C=O) groups excluding carboxylic acids is 3. The lowest BCUT2D eigenvalue weighted by Gasteiger charge is -2.15. The van der Waals surface area contributed by atoms with Crippen molar-refractivity contribution in [2.45, 2.75) is 46.6 Å². The molecule has 0 fully saturated rings. The summed E-state index contributed by atoms with van der Waals surface area (Å²) in [6.45, 7) is 8.19. The van der Waals surface area contributed by atoms with Gasteiger partial charge in [-0.05, 0) is 56.7 Å². The lowest BCUT2D eigenvalue weighted by molar-refractivity contribution is -0.110. The molecule has 5 N–H and O–H groups in total. The van der Waals surface area contributed by atoms with Gasteiger partial charge in [0.25, 0.3) is 0 Å². The van der Waals surface area contributed by atoms with Crippen LogP contribution in [0.5, 0.6) is 11.5 Å². The Morgan fingerprint density at radius 3 is 2.33 bits per heavy atom. The second kappa shape index (κ2) is 21.8. The Kier molecular flexibility index (Phi) is 17.9. The first-order chi connectivity index (χ1) is 24.5. The van der Waals surface area contributed by atoms with Gasteiger partial charge in [-0.15, -0.1) is 0 Å². The zero-order valence-electron chi connectivity index (χ0n) is 30.4. The van der Waals surface area contributed by atoms with E-state index in [1.807, 2.05) is 26.0 Å². The minimum atomic E-state index is -0.477. The van der Waals surface area contributed by atoms with Gasteiger partial charge in [-0.2, -0.15) is 5.10 Å². The molecule has 15 nitrogen and oxygen atoms in total. The molecule has 0 aliphatic rings. The third-order valence-electron chi connectivity index (χ3n) is 7.19. The number of primary amides is 1. The van der Waals surface area contributed by atoms with Crippen LogP contribution in [0.4, 0.5) is 11.4 Å². The lowest BCUT2D eigenvalue weighted by Crippen LogP contribution is -2.17. The number of thiazole rings is 1. The van der Waals surface area contributed by atoms with Crippen molar-refractivity contribution in [2.75, 3.05) is 59.7 Å². The second-order valence-corrected chi connectivity index (χ2v) is 11.6. The van der Waals surface area contributed by atoms with Gasteiger partial charge in [-0.1, -0.05) is 23.5 Å². The Balaban J connectivity index is 0.000000583. The molecule has 0 aliphatic carbocycles. The van der Waals surface area contributed by atoms with Gasteiger partial charge in [0.1, 0.15) is 28.4 Å². The first-order valence-electron chi connectivity index (χ1n) is 15.9. The number of anilines is 2. The number of allylic oxidation sites excluding steroid dienone is 1. The monoisotopic (exact) mass is 727 g/mol. The van der Waals surface area contributed by atoms with Crippen LogP contribution in [0.2, 0.25) is 0 Å². The van der Waals surface area contributed by atoms with Gasteiger partial charge in [0.15, 0.2) is 17.4 Å². The largest absolute Gasteiger partial charge is 0.494 e. The standard InChI is InChI=1S/C27H36N4O6S.C7H10N2O.CH3NO/c1-17-13-21(37-12-9-23(34-4)35-5)25-22(14-17)38-27(29-2)31(25)11-8-7-10-30-24-19(28)15-18(26(32)36-6)16-20(24)33-3;1-3-9-7(5-10)4-6(2)8-9;2-1-3/h7-8,13-16,23,30H,9-12,28H2,1-6H3;4-5H,3H2,1-2H3;1H,(H2,2,3)/b8-7+,29-27?;;. The van der Waals surface area contributed by atoms with Crippen molar-refractivity contribution in [3.05, 3.63) is 69.8 Å². The van der Waals surface area contributed by atoms with E-state index in [2.05, 4.69) is 44.8 Å². The van der Waals surface area contributed by atoms with Crippen molar-refractivity contribution in [1.29, 1.82) is 0 Å². The van der Waals surface area contributed by atoms with Crippen molar-refractivity contribution in [2.24, 2.45) is 10.7 Å². The Bertz CT molecular complexity index is 1830. The number of fused-ring (bicyclic) bond motifs is 1. The maximum absolute atomic E-state index is 11.9. The molecule has 2 heterocycles. The van der Waals surface area contributed by atoms with Gasteiger partial charge in [0, 0.05) is 47.3 Å². The van der Waals surface area contributed by atoms with E-state index in [0.717, 1.165) is 44.9 Å². The number of methoxy groups -OCH3 is 4. The molecule has 0 aliphatic heterocycles. The van der Waals surface area contributed by atoms with Crippen LogP contribution in [-0.2, 0) is 32.1 Å². The average Bonchev–Trinajstić information content (AvgIpc) is 3.69. The van der Waals surface area contributed by atoms with Gasteiger partial charge in [0.05, 0.1) is 42.5 Å². The minimum absolute atomic E-state index is 0.250. The number of aromatic nitrogens is 3. The SMILES string of the molecule is CCn1nc(C)cc1C=O.CN=c1sc2cc(C)cc(OCCC(OC)OC)c2n1C/C=C/CNc1c(N)cc(C(=O)OC)cc1OC.NC=O. The van der Waals surface area contributed by atoms with Crippen LogP contribution in [0.3, 0.4) is 0 Å². The van der Waals surface area contributed by atoms with Crippen molar-refractivity contribution in [3.63, 3.8) is 0 Å². The Labute approximate surface area is 301 Å². The summed E-state index contributed by atoms with van der Waals surface area (Å²) in [5, 5.41) is 7.35. The quantitative estimate of drug-likeness (QED) is 0.0524. The maximum Gasteiger partial charge on any atom is 0.338 e. The van der Waals surface area contributed by atoms with Crippen molar-refractivity contribution < 1.29 is 38.1 Å². The summed E-state index contributed by atoms with van der Waals surface area (Å²) in [7, 11) is 7.86. The van der Waals surface area contributed by atoms with E-state index in [1.165, 1.54) is 14.2 Å². The molecule has 4 rings (SSSR count). The molecule has 16 heteroatoms. The van der Waals surface area contributed by atoms with Crippen LogP contribution in [0.1, 0.15) is 45.4 Å². The summed E-state index contributed by atoms with van der Waals surface area (Å²) in [5.41, 5.74) is 15.3. The summed E-state index contributed by atoms with van der Waals surface area (Å²) >= 11 is 1.62. The molecular weight excluding hydrogens is 678 g/mol. The van der Waals surface area contributed by atoms with E-state index in [-0.39, 0.29) is 12.7 Å². The highest BCUT2D eigenvalue weighted by molar-refractivity contribution is 7.16. The number of ether oxygens (including phenoxy) is 5. The fourth-order valence-electron chi connectivity index (χ4n) is 4.91. The van der Waals surface area contributed by atoms with Crippen LogP contribution in [0.15, 0.2) is 47.5 Å². The van der Waals surface area contributed by atoms with Crippen molar-refractivity contribution in [1.82, 2.24) is 14.3 Å². The van der Waals surface area contributed by atoms with Crippen LogP contribution < -0.4 is 31.1 Å². The van der Waals surface area contributed by atoms with Gasteiger partial charge in [0.2, 0.25) is 6.41 Å². The molecule has 51 heavy (non-hydrogen) atoms. The topological polar surface area (TPSA) is 197 Å². The van der Waals surface area contributed by atoms with E-state index in [9.17, 15) is 9.59 Å². The third-order valence-corrected chi connectivity index (χ3v) is 8.31. The number of hydrogen-bond donors (Lipinski definition) is 3. The number of nitrogens with one attached hydrogen (secondary N) is 1. The number of hydrogen-bond acceptors (Lipinski definition) is 13. The Morgan fingerprint density at radius 1 is 1.06 bits per heavy atom.